The van der Waals surface area contributed by atoms with Crippen LogP contribution in [0, 0.1) is 0 Å². The van der Waals surface area contributed by atoms with E-state index >= 15 is 0 Å². The van der Waals surface area contributed by atoms with Crippen molar-refractivity contribution in [2.24, 2.45) is 0 Å². The number of ether oxygens (including phenoxy) is 1. The molecule has 0 atom stereocenters. The number of methoxy groups -OCH3 is 1. The summed E-state index contributed by atoms with van der Waals surface area (Å²) in [6.45, 7) is 9.22. The van der Waals surface area contributed by atoms with E-state index in [2.05, 4.69) is 44.4 Å². The lowest BCUT2D eigenvalue weighted by molar-refractivity contribution is 0.415. The summed E-state index contributed by atoms with van der Waals surface area (Å²) in [6.07, 6.45) is 0. The van der Waals surface area contributed by atoms with Crippen molar-refractivity contribution in [3.63, 3.8) is 0 Å². The summed E-state index contributed by atoms with van der Waals surface area (Å²) in [5.41, 5.74) is 5.09. The summed E-state index contributed by atoms with van der Waals surface area (Å²) < 4.78 is 5.14. The minimum atomic E-state index is -1.12. The molecule has 2 heteroatoms. The van der Waals surface area contributed by atoms with Crippen LogP contribution in [-0.2, 0) is 0 Å². The Bertz CT molecular complexity index is 344. The van der Waals surface area contributed by atoms with Crippen molar-refractivity contribution in [2.75, 3.05) is 7.11 Å². The highest BCUT2D eigenvalue weighted by Gasteiger charge is 2.09. The normalized spacial score (nSPS) is 12.7. The first-order valence-electron chi connectivity index (χ1n) is 5.26. The van der Waals surface area contributed by atoms with E-state index in [9.17, 15) is 0 Å². The van der Waals surface area contributed by atoms with E-state index in [4.69, 9.17) is 4.74 Å². The van der Waals surface area contributed by atoms with Crippen molar-refractivity contribution in [1.82, 2.24) is 0 Å². The highest BCUT2D eigenvalue weighted by atomic mass is 28.3. The van der Waals surface area contributed by atoms with Crippen LogP contribution in [0.25, 0.3) is 5.57 Å². The molecule has 1 nitrogen and oxygen atoms in total. The molecule has 0 aliphatic rings. The van der Waals surface area contributed by atoms with Gasteiger partial charge in [0, 0.05) is 0 Å². The summed E-state index contributed by atoms with van der Waals surface area (Å²) in [7, 11) is 0.576. The zero-order valence-corrected chi connectivity index (χ0v) is 11.3. The quantitative estimate of drug-likeness (QED) is 0.700. The van der Waals surface area contributed by atoms with Gasteiger partial charge in [-0.3, -0.25) is 0 Å². The average molecular weight is 220 g/mol. The lowest BCUT2D eigenvalue weighted by Crippen LogP contribution is -2.16. The SMILES string of the molecule is COc1ccc(/C(C)=C/[Si](C)(C)C)cc1. The number of allylic oxidation sites excluding steroid dienone is 1. The Morgan fingerprint density at radius 1 is 1.13 bits per heavy atom. The second-order valence-corrected chi connectivity index (χ2v) is 9.94. The first-order chi connectivity index (χ1) is 6.92. The molecule has 0 heterocycles. The van der Waals surface area contributed by atoms with E-state index in [1.807, 2.05) is 12.1 Å². The summed E-state index contributed by atoms with van der Waals surface area (Å²) in [5.74, 6) is 0.916. The topological polar surface area (TPSA) is 9.23 Å². The van der Waals surface area contributed by atoms with Crippen molar-refractivity contribution in [3.8, 4) is 5.75 Å². The van der Waals surface area contributed by atoms with E-state index < -0.39 is 8.07 Å². The van der Waals surface area contributed by atoms with Crippen LogP contribution in [0.4, 0.5) is 0 Å². The summed E-state index contributed by atoms with van der Waals surface area (Å²) in [4.78, 5) is 0. The maximum atomic E-state index is 5.14. The maximum Gasteiger partial charge on any atom is 0.118 e. The number of hydrogen-bond acceptors (Lipinski definition) is 1. The van der Waals surface area contributed by atoms with Crippen molar-refractivity contribution in [2.45, 2.75) is 26.6 Å². The third-order valence-electron chi connectivity index (χ3n) is 2.19. The van der Waals surface area contributed by atoms with Crippen LogP contribution in [0.15, 0.2) is 30.0 Å². The van der Waals surface area contributed by atoms with Crippen molar-refractivity contribution >= 4 is 13.6 Å². The predicted octanol–water partition coefficient (Wildman–Crippen LogP) is 3.98. The van der Waals surface area contributed by atoms with Gasteiger partial charge in [-0.25, -0.2) is 0 Å². The predicted molar refractivity (Wildman–Crippen MR) is 70.0 cm³/mol. The van der Waals surface area contributed by atoms with Crippen LogP contribution in [0.5, 0.6) is 5.75 Å². The number of hydrogen-bond donors (Lipinski definition) is 0. The molecule has 0 unspecified atom stereocenters. The summed E-state index contributed by atoms with van der Waals surface area (Å²) in [6, 6.07) is 8.25. The van der Waals surface area contributed by atoms with E-state index in [0.29, 0.717) is 0 Å². The molecule has 0 bridgehead atoms. The molecule has 1 aromatic rings. The van der Waals surface area contributed by atoms with Crippen molar-refractivity contribution in [1.29, 1.82) is 0 Å². The molecule has 1 rings (SSSR count). The standard InChI is InChI=1S/C13H20OSi/c1-11(10-15(3,4)5)12-6-8-13(14-2)9-7-12/h6-10H,1-5H3/b11-10+. The van der Waals surface area contributed by atoms with Gasteiger partial charge in [-0.05, 0) is 24.6 Å². The molecular weight excluding hydrogens is 200 g/mol. The van der Waals surface area contributed by atoms with Gasteiger partial charge >= 0.3 is 0 Å². The van der Waals surface area contributed by atoms with Gasteiger partial charge < -0.3 is 4.74 Å². The molecule has 0 N–H and O–H groups in total. The molecule has 0 spiro atoms. The van der Waals surface area contributed by atoms with Gasteiger partial charge in [0.1, 0.15) is 5.75 Å². The van der Waals surface area contributed by atoms with E-state index in [1.54, 1.807) is 7.11 Å². The van der Waals surface area contributed by atoms with Crippen LogP contribution in [-0.4, -0.2) is 15.2 Å². The molecule has 1 aromatic carbocycles. The Kier molecular flexibility index (Phi) is 3.75. The van der Waals surface area contributed by atoms with E-state index in [0.717, 1.165) is 5.75 Å². The first kappa shape index (κ1) is 12.0. The fraction of sp³-hybridized carbons (Fsp3) is 0.385. The fourth-order valence-corrected chi connectivity index (χ4v) is 3.05. The zero-order valence-electron chi connectivity index (χ0n) is 10.3. The molecular formula is C13H20OSi. The van der Waals surface area contributed by atoms with Gasteiger partial charge in [-0.2, -0.15) is 0 Å². The Hall–Kier alpha value is -1.02. The van der Waals surface area contributed by atoms with Gasteiger partial charge in [0.15, 0.2) is 0 Å². The van der Waals surface area contributed by atoms with E-state index in [-0.39, 0.29) is 0 Å². The third-order valence-corrected chi connectivity index (χ3v) is 3.49. The van der Waals surface area contributed by atoms with Crippen molar-refractivity contribution < 1.29 is 4.74 Å². The van der Waals surface area contributed by atoms with Gasteiger partial charge in [-0.15, -0.1) is 0 Å². The number of rotatable bonds is 3. The van der Waals surface area contributed by atoms with Gasteiger partial charge in [0.2, 0.25) is 0 Å². The molecule has 0 saturated heterocycles. The number of benzene rings is 1. The molecule has 15 heavy (non-hydrogen) atoms. The van der Waals surface area contributed by atoms with Crippen LogP contribution < -0.4 is 4.74 Å². The van der Waals surface area contributed by atoms with Gasteiger partial charge in [0.05, 0.1) is 15.2 Å². The fourth-order valence-electron chi connectivity index (χ4n) is 1.59. The smallest absolute Gasteiger partial charge is 0.118 e. The van der Waals surface area contributed by atoms with Crippen LogP contribution in [0.2, 0.25) is 19.6 Å². The minimum Gasteiger partial charge on any atom is -0.497 e. The highest BCUT2D eigenvalue weighted by Crippen LogP contribution is 2.20. The Morgan fingerprint density at radius 3 is 2.07 bits per heavy atom. The third kappa shape index (κ3) is 3.92. The van der Waals surface area contributed by atoms with Crippen LogP contribution in [0.1, 0.15) is 12.5 Å². The molecule has 0 aliphatic carbocycles. The summed E-state index contributed by atoms with van der Waals surface area (Å²) in [5, 5.41) is 0. The molecule has 0 saturated carbocycles. The molecule has 0 aromatic heterocycles. The Balaban J connectivity index is 2.92. The maximum absolute atomic E-state index is 5.14. The second-order valence-electron chi connectivity index (χ2n) is 4.92. The highest BCUT2D eigenvalue weighted by molar-refractivity contribution is 6.81. The largest absolute Gasteiger partial charge is 0.497 e. The van der Waals surface area contributed by atoms with E-state index in [1.165, 1.54) is 11.1 Å². The van der Waals surface area contributed by atoms with Gasteiger partial charge in [0.25, 0.3) is 0 Å². The Morgan fingerprint density at radius 2 is 1.67 bits per heavy atom. The lowest BCUT2D eigenvalue weighted by Gasteiger charge is -2.12. The molecule has 0 fully saturated rings. The minimum absolute atomic E-state index is 0.916. The first-order valence-corrected chi connectivity index (χ1v) is 8.84. The molecule has 0 aliphatic heterocycles. The lowest BCUT2D eigenvalue weighted by atomic mass is 10.1. The second kappa shape index (κ2) is 4.66. The molecule has 82 valence electrons. The summed E-state index contributed by atoms with van der Waals surface area (Å²) >= 11 is 0. The monoisotopic (exact) mass is 220 g/mol. The molecule has 0 amide bonds. The average Bonchev–Trinajstić information content (AvgIpc) is 2.15. The Labute approximate surface area is 93.8 Å². The van der Waals surface area contributed by atoms with Crippen molar-refractivity contribution in [3.05, 3.63) is 35.5 Å². The van der Waals surface area contributed by atoms with Crippen LogP contribution in [0.3, 0.4) is 0 Å². The molecule has 0 radical (unpaired) electrons. The van der Waals surface area contributed by atoms with Gasteiger partial charge in [-0.1, -0.05) is 43.0 Å². The zero-order chi connectivity index (χ0) is 11.5. The van der Waals surface area contributed by atoms with Crippen LogP contribution >= 0.6 is 0 Å².